The molecule has 4 rings (SSSR count). The van der Waals surface area contributed by atoms with Crippen molar-refractivity contribution in [2.45, 2.75) is 13.1 Å². The zero-order valence-electron chi connectivity index (χ0n) is 13.0. The number of aromatic nitrogens is 2. The van der Waals surface area contributed by atoms with E-state index >= 15 is 0 Å². The Bertz CT molecular complexity index is 811. The van der Waals surface area contributed by atoms with Crippen molar-refractivity contribution in [1.82, 2.24) is 10.2 Å². The van der Waals surface area contributed by atoms with Crippen molar-refractivity contribution in [1.29, 1.82) is 0 Å². The van der Waals surface area contributed by atoms with Crippen molar-refractivity contribution in [3.8, 4) is 0 Å². The highest BCUT2D eigenvalue weighted by Crippen LogP contribution is 2.38. The lowest BCUT2D eigenvalue weighted by Crippen LogP contribution is -2.46. The van der Waals surface area contributed by atoms with Crippen LogP contribution >= 0.6 is 0 Å². The second kappa shape index (κ2) is 5.44. The Balaban J connectivity index is 1.82. The topological polar surface area (TPSA) is 61.2 Å². The van der Waals surface area contributed by atoms with Crippen LogP contribution in [0.4, 0.5) is 17.2 Å². The first-order chi connectivity index (χ1) is 11.3. The van der Waals surface area contributed by atoms with E-state index in [-0.39, 0.29) is 6.17 Å². The van der Waals surface area contributed by atoms with E-state index in [1.165, 1.54) is 5.56 Å². The van der Waals surface area contributed by atoms with Crippen LogP contribution in [0, 0.1) is 6.92 Å². The van der Waals surface area contributed by atoms with Gasteiger partial charge < -0.3 is 15.5 Å². The molecule has 0 bridgehead atoms. The maximum Gasteiger partial charge on any atom is 0.162 e. The van der Waals surface area contributed by atoms with Gasteiger partial charge in [0, 0.05) is 17.6 Å². The number of rotatable bonds is 2. The lowest BCUT2D eigenvalue weighted by molar-refractivity contribution is 0.616. The van der Waals surface area contributed by atoms with Crippen LogP contribution in [-0.4, -0.2) is 16.9 Å². The lowest BCUT2D eigenvalue weighted by atomic mass is 10.1. The molecule has 0 fully saturated rings. The van der Waals surface area contributed by atoms with Crippen molar-refractivity contribution in [2.24, 2.45) is 5.73 Å². The molecule has 0 radical (unpaired) electrons. The van der Waals surface area contributed by atoms with Gasteiger partial charge in [0.05, 0.1) is 12.2 Å². The maximum atomic E-state index is 6.48. The van der Waals surface area contributed by atoms with E-state index in [0.717, 1.165) is 22.8 Å². The maximum absolute atomic E-state index is 6.48. The molecule has 1 aliphatic heterocycles. The van der Waals surface area contributed by atoms with Gasteiger partial charge in [0.2, 0.25) is 0 Å². The minimum atomic E-state index is -0.216. The molecular formula is C18H19N5. The van der Waals surface area contributed by atoms with Gasteiger partial charge >= 0.3 is 0 Å². The number of nitrogens with two attached hydrogens (primary N) is 1. The minimum absolute atomic E-state index is 0.216. The Morgan fingerprint density at radius 1 is 1.09 bits per heavy atom. The molecular weight excluding hydrogens is 286 g/mol. The molecule has 1 aromatic heterocycles. The fourth-order valence-corrected chi connectivity index (χ4v) is 3.12. The molecule has 1 unspecified atom stereocenters. The summed E-state index contributed by atoms with van der Waals surface area (Å²) in [4.78, 5) is 4.39. The largest absolute Gasteiger partial charge is 0.334 e. The summed E-state index contributed by atoms with van der Waals surface area (Å²) in [5.41, 5.74) is 10.9. The Kier molecular flexibility index (Phi) is 3.28. The van der Waals surface area contributed by atoms with E-state index in [1.807, 2.05) is 24.4 Å². The van der Waals surface area contributed by atoms with Gasteiger partial charge in [0.15, 0.2) is 5.82 Å². The second-order valence-corrected chi connectivity index (χ2v) is 5.77. The van der Waals surface area contributed by atoms with Gasteiger partial charge in [-0.2, -0.15) is 5.10 Å². The fraction of sp³-hybridized carbons (Fsp3) is 0.167. The van der Waals surface area contributed by atoms with Gasteiger partial charge in [-0.15, -0.1) is 0 Å². The summed E-state index contributed by atoms with van der Waals surface area (Å²) in [6.07, 6.45) is 1.67. The smallest absolute Gasteiger partial charge is 0.162 e. The third kappa shape index (κ3) is 2.26. The predicted octanol–water partition coefficient (Wildman–Crippen LogP) is 3.29. The van der Waals surface area contributed by atoms with Crippen LogP contribution in [0.5, 0.6) is 0 Å². The second-order valence-electron chi connectivity index (χ2n) is 5.77. The number of H-pyrrole nitrogens is 1. The van der Waals surface area contributed by atoms with Crippen molar-refractivity contribution in [3.05, 3.63) is 71.9 Å². The zero-order chi connectivity index (χ0) is 15.8. The monoisotopic (exact) mass is 305 g/mol. The Morgan fingerprint density at radius 3 is 2.61 bits per heavy atom. The summed E-state index contributed by atoms with van der Waals surface area (Å²) in [6.45, 7) is 2.77. The first-order valence-electron chi connectivity index (χ1n) is 7.70. The van der Waals surface area contributed by atoms with Crippen LogP contribution in [0.15, 0.2) is 60.8 Å². The van der Waals surface area contributed by atoms with Gasteiger partial charge in [-0.05, 0) is 30.7 Å². The number of fused-ring (bicyclic) bond motifs is 1. The Hall–Kier alpha value is -2.79. The fourth-order valence-electron chi connectivity index (χ4n) is 3.12. The number of benzene rings is 2. The summed E-state index contributed by atoms with van der Waals surface area (Å²) in [7, 11) is 0. The van der Waals surface area contributed by atoms with E-state index in [2.05, 4.69) is 63.3 Å². The molecule has 1 atom stereocenters. The molecule has 0 aliphatic carbocycles. The zero-order valence-corrected chi connectivity index (χ0v) is 13.0. The normalized spacial score (nSPS) is 17.2. The Morgan fingerprint density at radius 2 is 1.83 bits per heavy atom. The van der Waals surface area contributed by atoms with E-state index in [1.54, 1.807) is 0 Å². The summed E-state index contributed by atoms with van der Waals surface area (Å²) in [5.74, 6) is 0.902. The SMILES string of the molecule is Cc1ccccc1N1CN(c2ccccc2)C(N)c2c[nH]nc21. The minimum Gasteiger partial charge on any atom is -0.334 e. The van der Waals surface area contributed by atoms with E-state index in [0.29, 0.717) is 6.67 Å². The third-order valence-corrected chi connectivity index (χ3v) is 4.35. The average molecular weight is 305 g/mol. The average Bonchev–Trinajstić information content (AvgIpc) is 3.07. The van der Waals surface area contributed by atoms with Crippen molar-refractivity contribution < 1.29 is 0 Å². The predicted molar refractivity (Wildman–Crippen MR) is 92.6 cm³/mol. The number of hydrogen-bond acceptors (Lipinski definition) is 4. The molecule has 0 saturated heterocycles. The molecule has 1 aliphatic rings. The summed E-state index contributed by atoms with van der Waals surface area (Å²) in [5, 5.41) is 7.39. The first kappa shape index (κ1) is 13.8. The molecule has 3 aromatic rings. The van der Waals surface area contributed by atoms with Crippen molar-refractivity contribution >= 4 is 17.2 Å². The highest BCUT2D eigenvalue weighted by molar-refractivity contribution is 5.70. The molecule has 116 valence electrons. The van der Waals surface area contributed by atoms with Crippen molar-refractivity contribution in [3.63, 3.8) is 0 Å². The molecule has 0 spiro atoms. The highest BCUT2D eigenvalue weighted by atomic mass is 15.4. The molecule has 2 heterocycles. The lowest BCUT2D eigenvalue weighted by Gasteiger charge is -2.41. The molecule has 0 amide bonds. The quantitative estimate of drug-likeness (QED) is 0.762. The summed E-state index contributed by atoms with van der Waals surface area (Å²) in [6, 6.07) is 18.6. The number of anilines is 3. The van der Waals surface area contributed by atoms with E-state index in [4.69, 9.17) is 5.73 Å². The van der Waals surface area contributed by atoms with Crippen LogP contribution in [0.3, 0.4) is 0 Å². The molecule has 0 saturated carbocycles. The van der Waals surface area contributed by atoms with Crippen LogP contribution in [-0.2, 0) is 0 Å². The van der Waals surface area contributed by atoms with Gasteiger partial charge in [-0.3, -0.25) is 5.10 Å². The third-order valence-electron chi connectivity index (χ3n) is 4.35. The van der Waals surface area contributed by atoms with Gasteiger partial charge in [-0.25, -0.2) is 0 Å². The van der Waals surface area contributed by atoms with Crippen molar-refractivity contribution in [2.75, 3.05) is 16.5 Å². The number of para-hydroxylation sites is 2. The number of nitrogens with one attached hydrogen (secondary N) is 1. The van der Waals surface area contributed by atoms with Crippen LogP contribution in [0.1, 0.15) is 17.3 Å². The molecule has 5 heteroatoms. The van der Waals surface area contributed by atoms with Crippen LogP contribution in [0.2, 0.25) is 0 Å². The summed E-state index contributed by atoms with van der Waals surface area (Å²) >= 11 is 0. The summed E-state index contributed by atoms with van der Waals surface area (Å²) < 4.78 is 0. The number of hydrogen-bond donors (Lipinski definition) is 2. The van der Waals surface area contributed by atoms with Gasteiger partial charge in [0.25, 0.3) is 0 Å². The van der Waals surface area contributed by atoms with Gasteiger partial charge in [0.1, 0.15) is 6.17 Å². The standard InChI is InChI=1S/C18H19N5/c1-13-7-5-6-10-16(13)23-12-22(14-8-3-2-4-9-14)17(19)15-11-20-21-18(15)23/h2-11,17H,12,19H2,1H3,(H,20,21). The molecule has 23 heavy (non-hydrogen) atoms. The Labute approximate surface area is 135 Å². The number of aromatic amines is 1. The highest BCUT2D eigenvalue weighted by Gasteiger charge is 2.32. The van der Waals surface area contributed by atoms with E-state index in [9.17, 15) is 0 Å². The number of aryl methyl sites for hydroxylation is 1. The van der Waals surface area contributed by atoms with Crippen LogP contribution in [0.25, 0.3) is 0 Å². The number of nitrogens with zero attached hydrogens (tertiary/aromatic N) is 3. The van der Waals surface area contributed by atoms with Crippen LogP contribution < -0.4 is 15.5 Å². The molecule has 3 N–H and O–H groups in total. The first-order valence-corrected chi connectivity index (χ1v) is 7.70. The van der Waals surface area contributed by atoms with E-state index < -0.39 is 0 Å². The molecule has 5 nitrogen and oxygen atoms in total. The van der Waals surface area contributed by atoms with Gasteiger partial charge in [-0.1, -0.05) is 36.4 Å². The molecule has 2 aromatic carbocycles.